The molecule has 12 heavy (non-hydrogen) atoms. The van der Waals surface area contributed by atoms with E-state index in [0.29, 0.717) is 11.6 Å². The third kappa shape index (κ3) is 2.28. The highest BCUT2D eigenvalue weighted by Gasteiger charge is 1.98. The van der Waals surface area contributed by atoms with E-state index in [2.05, 4.69) is 6.58 Å². The van der Waals surface area contributed by atoms with E-state index in [1.54, 1.807) is 12.1 Å². The van der Waals surface area contributed by atoms with Crippen LogP contribution in [0.1, 0.15) is 5.56 Å². The molecule has 0 radical (unpaired) electrons. The SMILES string of the molecule is C=CCOc1cc(Cl)ccc1C. The van der Waals surface area contributed by atoms with E-state index < -0.39 is 0 Å². The first-order chi connectivity index (χ1) is 5.74. The van der Waals surface area contributed by atoms with Crippen LogP contribution in [-0.4, -0.2) is 6.61 Å². The molecule has 1 nitrogen and oxygen atoms in total. The van der Waals surface area contributed by atoms with Gasteiger partial charge in [0.25, 0.3) is 0 Å². The third-order valence-electron chi connectivity index (χ3n) is 1.51. The van der Waals surface area contributed by atoms with Gasteiger partial charge in [-0.3, -0.25) is 0 Å². The lowest BCUT2D eigenvalue weighted by Gasteiger charge is -2.06. The smallest absolute Gasteiger partial charge is 0.124 e. The fourth-order valence-electron chi connectivity index (χ4n) is 0.878. The predicted octanol–water partition coefficient (Wildman–Crippen LogP) is 3.21. The normalized spacial score (nSPS) is 9.50. The Hall–Kier alpha value is -0.950. The molecular weight excluding hydrogens is 172 g/mol. The Morgan fingerprint density at radius 1 is 1.58 bits per heavy atom. The van der Waals surface area contributed by atoms with Crippen LogP contribution in [0.15, 0.2) is 30.9 Å². The van der Waals surface area contributed by atoms with E-state index in [0.717, 1.165) is 11.3 Å². The number of rotatable bonds is 3. The lowest BCUT2D eigenvalue weighted by Crippen LogP contribution is -1.94. The van der Waals surface area contributed by atoms with Gasteiger partial charge in [0.1, 0.15) is 12.4 Å². The van der Waals surface area contributed by atoms with E-state index in [-0.39, 0.29) is 0 Å². The molecule has 1 rings (SSSR count). The quantitative estimate of drug-likeness (QED) is 0.653. The summed E-state index contributed by atoms with van der Waals surface area (Å²) in [5.41, 5.74) is 1.08. The largest absolute Gasteiger partial charge is 0.489 e. The van der Waals surface area contributed by atoms with Crippen molar-refractivity contribution >= 4 is 11.6 Å². The van der Waals surface area contributed by atoms with Gasteiger partial charge in [0.05, 0.1) is 0 Å². The van der Waals surface area contributed by atoms with Crippen molar-refractivity contribution in [1.82, 2.24) is 0 Å². The lowest BCUT2D eigenvalue weighted by molar-refractivity contribution is 0.360. The standard InChI is InChI=1S/C10H11ClO/c1-3-6-12-10-7-9(11)5-4-8(10)2/h3-5,7H,1,6H2,2H3. The maximum atomic E-state index is 5.79. The molecule has 1 aromatic carbocycles. The van der Waals surface area contributed by atoms with Gasteiger partial charge in [-0.15, -0.1) is 0 Å². The van der Waals surface area contributed by atoms with Gasteiger partial charge in [0, 0.05) is 5.02 Å². The third-order valence-corrected chi connectivity index (χ3v) is 1.74. The fraction of sp³-hybridized carbons (Fsp3) is 0.200. The Labute approximate surface area is 77.6 Å². The summed E-state index contributed by atoms with van der Waals surface area (Å²) in [6.07, 6.45) is 1.71. The highest BCUT2D eigenvalue weighted by Crippen LogP contribution is 2.22. The molecule has 0 bridgehead atoms. The van der Waals surface area contributed by atoms with Crippen molar-refractivity contribution in [2.75, 3.05) is 6.61 Å². The van der Waals surface area contributed by atoms with E-state index in [1.165, 1.54) is 0 Å². The number of hydrogen-bond acceptors (Lipinski definition) is 1. The fourth-order valence-corrected chi connectivity index (χ4v) is 1.04. The average Bonchev–Trinajstić information content (AvgIpc) is 2.07. The van der Waals surface area contributed by atoms with Crippen LogP contribution in [0.4, 0.5) is 0 Å². The van der Waals surface area contributed by atoms with Crippen molar-refractivity contribution < 1.29 is 4.74 Å². The van der Waals surface area contributed by atoms with E-state index in [4.69, 9.17) is 16.3 Å². The molecule has 0 saturated heterocycles. The zero-order valence-electron chi connectivity index (χ0n) is 7.01. The molecule has 0 atom stereocenters. The summed E-state index contributed by atoms with van der Waals surface area (Å²) in [6, 6.07) is 5.58. The van der Waals surface area contributed by atoms with Crippen molar-refractivity contribution in [3.05, 3.63) is 41.4 Å². The highest BCUT2D eigenvalue weighted by atomic mass is 35.5. The van der Waals surface area contributed by atoms with Gasteiger partial charge < -0.3 is 4.74 Å². The minimum Gasteiger partial charge on any atom is -0.489 e. The number of benzene rings is 1. The van der Waals surface area contributed by atoms with Crippen molar-refractivity contribution in [3.63, 3.8) is 0 Å². The Morgan fingerprint density at radius 2 is 2.33 bits per heavy atom. The van der Waals surface area contributed by atoms with Crippen LogP contribution in [0.2, 0.25) is 5.02 Å². The topological polar surface area (TPSA) is 9.23 Å². The Bertz CT molecular complexity index is 281. The van der Waals surface area contributed by atoms with E-state index >= 15 is 0 Å². The summed E-state index contributed by atoms with van der Waals surface area (Å²) in [7, 11) is 0. The van der Waals surface area contributed by atoms with Crippen molar-refractivity contribution in [3.8, 4) is 5.75 Å². The minimum absolute atomic E-state index is 0.515. The average molecular weight is 183 g/mol. The second kappa shape index (κ2) is 4.17. The number of halogens is 1. The predicted molar refractivity (Wildman–Crippen MR) is 51.9 cm³/mol. The summed E-state index contributed by atoms with van der Waals surface area (Å²) < 4.78 is 5.36. The van der Waals surface area contributed by atoms with Gasteiger partial charge in [-0.25, -0.2) is 0 Å². The van der Waals surface area contributed by atoms with Crippen molar-refractivity contribution in [1.29, 1.82) is 0 Å². The van der Waals surface area contributed by atoms with Gasteiger partial charge in [0.2, 0.25) is 0 Å². The Morgan fingerprint density at radius 3 is 3.00 bits per heavy atom. The lowest BCUT2D eigenvalue weighted by atomic mass is 10.2. The molecule has 0 aliphatic carbocycles. The molecule has 0 heterocycles. The molecule has 0 fully saturated rings. The van der Waals surface area contributed by atoms with Gasteiger partial charge in [-0.1, -0.05) is 30.3 Å². The van der Waals surface area contributed by atoms with Crippen LogP contribution in [-0.2, 0) is 0 Å². The summed E-state index contributed by atoms with van der Waals surface area (Å²) in [5.74, 6) is 0.822. The second-order valence-electron chi connectivity index (χ2n) is 2.51. The summed E-state index contributed by atoms with van der Waals surface area (Å²) in [6.45, 7) is 6.07. The Kier molecular flexibility index (Phi) is 3.18. The van der Waals surface area contributed by atoms with E-state index in [9.17, 15) is 0 Å². The zero-order valence-corrected chi connectivity index (χ0v) is 7.77. The summed E-state index contributed by atoms with van der Waals surface area (Å²) >= 11 is 5.79. The van der Waals surface area contributed by atoms with Gasteiger partial charge in [-0.05, 0) is 24.6 Å². The molecule has 0 spiro atoms. The monoisotopic (exact) mass is 182 g/mol. The molecule has 0 aromatic heterocycles. The molecule has 0 aliphatic heterocycles. The van der Waals surface area contributed by atoms with Crippen LogP contribution < -0.4 is 4.74 Å². The minimum atomic E-state index is 0.515. The van der Waals surface area contributed by atoms with Crippen LogP contribution >= 0.6 is 11.6 Å². The van der Waals surface area contributed by atoms with Gasteiger partial charge in [-0.2, -0.15) is 0 Å². The van der Waals surface area contributed by atoms with Crippen molar-refractivity contribution in [2.24, 2.45) is 0 Å². The first kappa shape index (κ1) is 9.14. The van der Waals surface area contributed by atoms with Crippen LogP contribution in [0.5, 0.6) is 5.75 Å². The first-order valence-electron chi connectivity index (χ1n) is 3.74. The maximum Gasteiger partial charge on any atom is 0.124 e. The summed E-state index contributed by atoms with van der Waals surface area (Å²) in [5, 5.41) is 0.694. The Balaban J connectivity index is 2.82. The second-order valence-corrected chi connectivity index (χ2v) is 2.95. The molecule has 0 unspecified atom stereocenters. The van der Waals surface area contributed by atoms with Gasteiger partial charge in [0.15, 0.2) is 0 Å². The van der Waals surface area contributed by atoms with Crippen LogP contribution in [0.25, 0.3) is 0 Å². The molecule has 1 aromatic rings. The number of ether oxygens (including phenoxy) is 1. The molecule has 0 saturated carbocycles. The maximum absolute atomic E-state index is 5.79. The van der Waals surface area contributed by atoms with Crippen molar-refractivity contribution in [2.45, 2.75) is 6.92 Å². The molecule has 0 amide bonds. The molecule has 0 aliphatic rings. The molecule has 2 heteroatoms. The van der Waals surface area contributed by atoms with Gasteiger partial charge >= 0.3 is 0 Å². The highest BCUT2D eigenvalue weighted by molar-refractivity contribution is 6.30. The van der Waals surface area contributed by atoms with Crippen LogP contribution in [0, 0.1) is 6.92 Å². The van der Waals surface area contributed by atoms with Crippen LogP contribution in [0.3, 0.4) is 0 Å². The first-order valence-corrected chi connectivity index (χ1v) is 4.11. The number of aryl methyl sites for hydroxylation is 1. The molecule has 64 valence electrons. The zero-order chi connectivity index (χ0) is 8.97. The number of hydrogen-bond donors (Lipinski definition) is 0. The molecular formula is C10H11ClO. The summed E-state index contributed by atoms with van der Waals surface area (Å²) in [4.78, 5) is 0. The molecule has 0 N–H and O–H groups in total. The van der Waals surface area contributed by atoms with E-state index in [1.807, 2.05) is 19.1 Å².